The fourth-order valence-electron chi connectivity index (χ4n) is 2.68. The molecule has 0 saturated heterocycles. The van der Waals surface area contributed by atoms with Crippen molar-refractivity contribution in [1.82, 2.24) is 5.32 Å². The summed E-state index contributed by atoms with van der Waals surface area (Å²) in [5.74, 6) is -0.260. The number of esters is 1. The zero-order valence-corrected chi connectivity index (χ0v) is 15.0. The van der Waals surface area contributed by atoms with Gasteiger partial charge < -0.3 is 10.1 Å². The molecule has 1 atom stereocenters. The lowest BCUT2D eigenvalue weighted by Gasteiger charge is -2.12. The van der Waals surface area contributed by atoms with Gasteiger partial charge in [0.1, 0.15) is 4.91 Å². The second-order valence-electron chi connectivity index (χ2n) is 5.56. The van der Waals surface area contributed by atoms with Crippen molar-refractivity contribution in [1.29, 1.82) is 0 Å². The molecule has 1 radical (unpaired) electrons. The van der Waals surface area contributed by atoms with Crippen LogP contribution in [-0.4, -0.2) is 13.1 Å². The number of methoxy groups -OCH3 is 1. The van der Waals surface area contributed by atoms with Crippen LogP contribution in [0.5, 0.6) is 0 Å². The molecule has 0 bridgehead atoms. The van der Waals surface area contributed by atoms with Crippen LogP contribution in [0.4, 0.5) is 0 Å². The minimum Gasteiger partial charge on any atom is -0.465 e. The summed E-state index contributed by atoms with van der Waals surface area (Å²) in [5.41, 5.74) is 3.33. The van der Waals surface area contributed by atoms with Crippen LogP contribution < -0.4 is 5.32 Å². The van der Waals surface area contributed by atoms with Crippen LogP contribution >= 0.6 is 23.4 Å². The lowest BCUT2D eigenvalue weighted by atomic mass is 10.1. The third-order valence-electron chi connectivity index (χ3n) is 3.95. The SMILES string of the molecule is COC(=O)C1=C(NCc2ccccc2)CC(c2ccc(Cl)cc2)[SH]1. The summed E-state index contributed by atoms with van der Waals surface area (Å²) in [6.07, 6.45) is 0.792. The maximum absolute atomic E-state index is 12.1. The van der Waals surface area contributed by atoms with Gasteiger partial charge in [-0.05, 0) is 23.3 Å². The van der Waals surface area contributed by atoms with E-state index in [1.54, 1.807) is 0 Å². The topological polar surface area (TPSA) is 38.3 Å². The van der Waals surface area contributed by atoms with Crippen molar-refractivity contribution in [3.05, 3.63) is 81.3 Å². The van der Waals surface area contributed by atoms with Crippen molar-refractivity contribution in [2.75, 3.05) is 7.11 Å². The Morgan fingerprint density at radius 3 is 2.58 bits per heavy atom. The Morgan fingerprint density at radius 2 is 1.92 bits per heavy atom. The molecule has 0 fully saturated rings. The van der Waals surface area contributed by atoms with Crippen molar-refractivity contribution >= 4 is 29.3 Å². The zero-order valence-electron chi connectivity index (χ0n) is 13.3. The van der Waals surface area contributed by atoms with E-state index in [2.05, 4.69) is 17.4 Å². The number of rotatable bonds is 5. The highest BCUT2D eigenvalue weighted by Gasteiger charge is 2.29. The molecule has 0 spiro atoms. The molecule has 5 heteroatoms. The van der Waals surface area contributed by atoms with Gasteiger partial charge >= 0.3 is 5.97 Å². The van der Waals surface area contributed by atoms with Crippen LogP contribution in [0.15, 0.2) is 65.2 Å². The van der Waals surface area contributed by atoms with E-state index in [-0.39, 0.29) is 11.2 Å². The highest BCUT2D eigenvalue weighted by Crippen LogP contribution is 2.47. The first-order valence-corrected chi connectivity index (χ1v) is 9.07. The minimum atomic E-state index is -0.260. The first-order valence-electron chi connectivity index (χ1n) is 7.73. The predicted molar refractivity (Wildman–Crippen MR) is 100 cm³/mol. The summed E-state index contributed by atoms with van der Waals surface area (Å²) in [6.45, 7) is 0.694. The number of carbonyl (C=O) groups is 1. The van der Waals surface area contributed by atoms with E-state index in [0.717, 1.165) is 28.9 Å². The highest BCUT2D eigenvalue weighted by molar-refractivity contribution is 8.04. The van der Waals surface area contributed by atoms with Crippen molar-refractivity contribution in [3.63, 3.8) is 0 Å². The Bertz CT molecular complexity index is 744. The van der Waals surface area contributed by atoms with E-state index < -0.39 is 0 Å². The van der Waals surface area contributed by atoms with E-state index in [0.29, 0.717) is 11.4 Å². The van der Waals surface area contributed by atoms with E-state index in [1.165, 1.54) is 18.2 Å². The first kappa shape index (κ1) is 16.9. The number of halogens is 1. The molecule has 3 nitrogen and oxygen atoms in total. The molecule has 1 N–H and O–H groups in total. The number of ether oxygens (including phenoxy) is 1. The lowest BCUT2D eigenvalue weighted by molar-refractivity contribution is -0.135. The fourth-order valence-corrected chi connectivity index (χ4v) is 4.24. The molecular weight excluding hydrogens is 342 g/mol. The van der Waals surface area contributed by atoms with E-state index >= 15 is 0 Å². The van der Waals surface area contributed by atoms with Gasteiger partial charge in [0, 0.05) is 28.9 Å². The quantitative estimate of drug-likeness (QED) is 0.612. The summed E-state index contributed by atoms with van der Waals surface area (Å²) < 4.78 is 4.95. The Kier molecular flexibility index (Phi) is 5.48. The predicted octanol–water partition coefficient (Wildman–Crippen LogP) is 4.42. The minimum absolute atomic E-state index is 0.245. The van der Waals surface area contributed by atoms with E-state index in [1.807, 2.05) is 42.5 Å². The Labute approximate surface area is 151 Å². The van der Waals surface area contributed by atoms with Crippen LogP contribution in [0.1, 0.15) is 22.8 Å². The van der Waals surface area contributed by atoms with Gasteiger partial charge in [-0.1, -0.05) is 54.1 Å². The van der Waals surface area contributed by atoms with Gasteiger partial charge in [-0.2, -0.15) is 11.8 Å². The van der Waals surface area contributed by atoms with E-state index in [4.69, 9.17) is 16.3 Å². The summed E-state index contributed by atoms with van der Waals surface area (Å²) in [5, 5.41) is 4.38. The third-order valence-corrected chi connectivity index (χ3v) is 5.71. The molecule has 125 valence electrons. The second kappa shape index (κ2) is 7.77. The standard InChI is InChI=1S/C19H19ClNO2S/c1-23-19(22)18-16(21-12-13-5-3-2-4-6-13)11-17(24-18)14-7-9-15(20)10-8-14/h2-10,17,21,24H,11-12H2,1H3. The van der Waals surface area contributed by atoms with Crippen LogP contribution in [0.25, 0.3) is 0 Å². The van der Waals surface area contributed by atoms with Gasteiger partial charge in [0.15, 0.2) is 0 Å². The van der Waals surface area contributed by atoms with Gasteiger partial charge in [0.2, 0.25) is 0 Å². The van der Waals surface area contributed by atoms with Gasteiger partial charge in [-0.15, -0.1) is 0 Å². The molecule has 2 aromatic carbocycles. The number of allylic oxidation sites excluding steroid dienone is 1. The number of benzene rings is 2. The van der Waals surface area contributed by atoms with Gasteiger partial charge in [-0.3, -0.25) is 0 Å². The van der Waals surface area contributed by atoms with Gasteiger partial charge in [0.05, 0.1) is 7.11 Å². The molecule has 0 saturated carbocycles. The number of hydrogen-bond donors (Lipinski definition) is 2. The van der Waals surface area contributed by atoms with Crippen LogP contribution in [0, 0.1) is 0 Å². The monoisotopic (exact) mass is 360 g/mol. The lowest BCUT2D eigenvalue weighted by Crippen LogP contribution is -2.15. The average Bonchev–Trinajstić information content (AvgIpc) is 3.05. The van der Waals surface area contributed by atoms with Crippen molar-refractivity contribution < 1.29 is 9.53 Å². The maximum Gasteiger partial charge on any atom is 0.345 e. The molecule has 0 aliphatic carbocycles. The molecule has 1 unspecified atom stereocenters. The Morgan fingerprint density at radius 1 is 1.21 bits per heavy atom. The van der Waals surface area contributed by atoms with Crippen LogP contribution in [0.3, 0.4) is 0 Å². The fraction of sp³-hybridized carbons (Fsp3) is 0.211. The maximum atomic E-state index is 12.1. The molecule has 24 heavy (non-hydrogen) atoms. The van der Waals surface area contributed by atoms with E-state index in [9.17, 15) is 4.79 Å². The van der Waals surface area contributed by atoms with Crippen molar-refractivity contribution in [2.24, 2.45) is 0 Å². The van der Waals surface area contributed by atoms with Crippen LogP contribution in [-0.2, 0) is 16.1 Å². The number of hydrogen-bond acceptors (Lipinski definition) is 3. The molecule has 1 aliphatic heterocycles. The smallest absolute Gasteiger partial charge is 0.345 e. The molecule has 0 amide bonds. The number of thiol groups is 1. The highest BCUT2D eigenvalue weighted by atomic mass is 35.5. The summed E-state index contributed by atoms with van der Waals surface area (Å²) in [4.78, 5) is 12.8. The van der Waals surface area contributed by atoms with Crippen LogP contribution in [0.2, 0.25) is 5.02 Å². The van der Waals surface area contributed by atoms with Gasteiger partial charge in [-0.25, -0.2) is 4.79 Å². The Hall–Kier alpha value is -1.91. The molecule has 0 aromatic heterocycles. The molecule has 1 aliphatic rings. The summed E-state index contributed by atoms with van der Waals surface area (Å²) >= 11 is 6.94. The van der Waals surface area contributed by atoms with Crippen molar-refractivity contribution in [2.45, 2.75) is 18.2 Å². The first-order chi connectivity index (χ1) is 11.7. The third kappa shape index (κ3) is 3.94. The largest absolute Gasteiger partial charge is 0.465 e. The normalized spacial score (nSPS) is 17.0. The molecule has 3 rings (SSSR count). The molecule has 2 aromatic rings. The van der Waals surface area contributed by atoms with Crippen molar-refractivity contribution in [3.8, 4) is 0 Å². The van der Waals surface area contributed by atoms with Gasteiger partial charge in [0.25, 0.3) is 0 Å². The average molecular weight is 361 g/mol. The number of carbonyl (C=O) groups excluding carboxylic acids is 1. The second-order valence-corrected chi connectivity index (χ2v) is 7.32. The summed E-state index contributed by atoms with van der Waals surface area (Å²) in [7, 11) is 1.43. The molecule has 1 heterocycles. The Balaban J connectivity index is 1.75. The zero-order chi connectivity index (χ0) is 16.9. The summed E-state index contributed by atoms with van der Waals surface area (Å²) in [6, 6.07) is 18.0. The molecular formula is C19H19ClNO2S. The number of nitrogens with one attached hydrogen (secondary N) is 1.